The average molecular weight is 463 g/mol. The molecule has 1 fully saturated rings. The monoisotopic (exact) mass is 462 g/mol. The number of aryl methyl sites for hydroxylation is 1. The zero-order valence-corrected chi connectivity index (χ0v) is 18.5. The van der Waals surface area contributed by atoms with Crippen molar-refractivity contribution >= 4 is 44.6 Å². The zero-order chi connectivity index (χ0) is 21.3. The average Bonchev–Trinajstić information content (AvgIpc) is 3.40. The van der Waals surface area contributed by atoms with E-state index in [1.54, 1.807) is 12.1 Å². The van der Waals surface area contributed by atoms with Crippen LogP contribution in [0.25, 0.3) is 0 Å². The highest BCUT2D eigenvalue weighted by atomic mass is 35.5. The quantitative estimate of drug-likeness (QED) is 0.611. The van der Waals surface area contributed by atoms with Crippen LogP contribution in [0.2, 0.25) is 5.02 Å². The minimum absolute atomic E-state index is 0.181. The van der Waals surface area contributed by atoms with E-state index in [1.807, 2.05) is 31.2 Å². The van der Waals surface area contributed by atoms with E-state index in [1.165, 1.54) is 16.4 Å². The lowest BCUT2D eigenvalue weighted by molar-refractivity contribution is 0.102. The lowest BCUT2D eigenvalue weighted by atomic mass is 10.2. The summed E-state index contributed by atoms with van der Waals surface area (Å²) in [6.07, 6.45) is 1.34. The number of hydrogen-bond acceptors (Lipinski definition) is 6. The fourth-order valence-electron chi connectivity index (χ4n) is 3.30. The van der Waals surface area contributed by atoms with E-state index >= 15 is 0 Å². The number of hydrogen-bond donors (Lipinski definition) is 1. The van der Waals surface area contributed by atoms with Crippen molar-refractivity contribution in [3.05, 3.63) is 69.1 Å². The van der Waals surface area contributed by atoms with Crippen molar-refractivity contribution in [3.8, 4) is 0 Å². The number of benzene rings is 2. The molecule has 4 rings (SSSR count). The summed E-state index contributed by atoms with van der Waals surface area (Å²) in [5.41, 5.74) is 1.75. The molecule has 1 unspecified atom stereocenters. The van der Waals surface area contributed by atoms with E-state index < -0.39 is 16.1 Å². The fourth-order valence-corrected chi connectivity index (χ4v) is 6.04. The Kier molecular flexibility index (Phi) is 5.88. The van der Waals surface area contributed by atoms with Crippen LogP contribution in [0.15, 0.2) is 53.4 Å². The molecule has 0 radical (unpaired) electrons. The minimum Gasteiger partial charge on any atom is -0.320 e. The number of amides is 1. The summed E-state index contributed by atoms with van der Waals surface area (Å²) in [7, 11) is -3.70. The lowest BCUT2D eigenvalue weighted by Crippen LogP contribution is -2.30. The lowest BCUT2D eigenvalue weighted by Gasteiger charge is -2.22. The Hall–Kier alpha value is -2.33. The molecule has 30 heavy (non-hydrogen) atoms. The third-order valence-electron chi connectivity index (χ3n) is 4.85. The van der Waals surface area contributed by atoms with Crippen molar-refractivity contribution in [2.45, 2.75) is 30.7 Å². The first-order chi connectivity index (χ1) is 14.3. The predicted octanol–water partition coefficient (Wildman–Crippen LogP) is 4.28. The largest absolute Gasteiger partial charge is 0.320 e. The van der Waals surface area contributed by atoms with Crippen LogP contribution in [-0.4, -0.2) is 35.4 Å². The Balaban J connectivity index is 1.54. The molecule has 156 valence electrons. The molecule has 1 amide bonds. The Morgan fingerprint density at radius 2 is 1.83 bits per heavy atom. The van der Waals surface area contributed by atoms with Gasteiger partial charge in [0.2, 0.25) is 15.0 Å². The molecule has 7 nitrogen and oxygen atoms in total. The summed E-state index contributed by atoms with van der Waals surface area (Å²) in [4.78, 5) is 12.7. The Morgan fingerprint density at radius 1 is 1.13 bits per heavy atom. The van der Waals surface area contributed by atoms with Gasteiger partial charge >= 0.3 is 0 Å². The van der Waals surface area contributed by atoms with Crippen LogP contribution in [0.5, 0.6) is 0 Å². The van der Waals surface area contributed by atoms with Crippen LogP contribution in [0.3, 0.4) is 0 Å². The normalized spacial score (nSPS) is 17.2. The van der Waals surface area contributed by atoms with Gasteiger partial charge in [0.25, 0.3) is 5.91 Å². The molecule has 1 saturated heterocycles. The molecule has 1 aliphatic heterocycles. The maximum absolute atomic E-state index is 13.1. The third-order valence-corrected chi connectivity index (χ3v) is 8.05. The highest BCUT2D eigenvalue weighted by Crippen LogP contribution is 2.38. The summed E-state index contributed by atoms with van der Waals surface area (Å²) in [6.45, 7) is 2.36. The second kappa shape index (κ2) is 8.43. The second-order valence-electron chi connectivity index (χ2n) is 6.99. The maximum Gasteiger partial charge on any atom is 0.286 e. The van der Waals surface area contributed by atoms with Crippen molar-refractivity contribution in [1.29, 1.82) is 0 Å². The highest BCUT2D eigenvalue weighted by molar-refractivity contribution is 7.89. The molecule has 0 saturated carbocycles. The SMILES string of the molecule is Cc1ccc(NC(=O)c2nnc(C3CCCN3S(=O)(=O)c3ccc(Cl)cc3)s2)cc1. The van der Waals surface area contributed by atoms with Gasteiger partial charge in [0.15, 0.2) is 0 Å². The number of aromatic nitrogens is 2. The van der Waals surface area contributed by atoms with Gasteiger partial charge < -0.3 is 5.32 Å². The van der Waals surface area contributed by atoms with Crippen molar-refractivity contribution in [2.75, 3.05) is 11.9 Å². The summed E-state index contributed by atoms with van der Waals surface area (Å²) >= 11 is 7.00. The molecule has 1 aromatic heterocycles. The summed E-state index contributed by atoms with van der Waals surface area (Å²) in [5, 5.41) is 12.1. The Labute approximate surface area is 183 Å². The summed E-state index contributed by atoms with van der Waals surface area (Å²) < 4.78 is 27.6. The molecular formula is C20H19ClN4O3S2. The molecule has 2 aromatic carbocycles. The topological polar surface area (TPSA) is 92.3 Å². The summed E-state index contributed by atoms with van der Waals surface area (Å²) in [6, 6.07) is 13.1. The van der Waals surface area contributed by atoms with Crippen LogP contribution >= 0.6 is 22.9 Å². The van der Waals surface area contributed by atoms with E-state index in [2.05, 4.69) is 15.5 Å². The maximum atomic E-state index is 13.1. The molecule has 10 heteroatoms. The number of carbonyl (C=O) groups is 1. The van der Waals surface area contributed by atoms with Gasteiger partial charge in [-0.3, -0.25) is 4.79 Å². The molecule has 0 bridgehead atoms. The van der Waals surface area contributed by atoms with Crippen molar-refractivity contribution in [3.63, 3.8) is 0 Å². The molecule has 1 atom stereocenters. The molecule has 0 aliphatic carbocycles. The van der Waals surface area contributed by atoms with Crippen molar-refractivity contribution < 1.29 is 13.2 Å². The molecule has 2 heterocycles. The Bertz CT molecular complexity index is 1160. The van der Waals surface area contributed by atoms with E-state index in [-0.39, 0.29) is 15.8 Å². The van der Waals surface area contributed by atoms with Gasteiger partial charge in [0.05, 0.1) is 10.9 Å². The van der Waals surface area contributed by atoms with E-state index in [0.717, 1.165) is 16.9 Å². The number of sulfonamides is 1. The molecule has 0 spiro atoms. The number of carbonyl (C=O) groups excluding carboxylic acids is 1. The van der Waals surface area contributed by atoms with E-state index in [0.29, 0.717) is 35.1 Å². The van der Waals surface area contributed by atoms with Crippen molar-refractivity contribution in [2.24, 2.45) is 0 Å². The number of nitrogens with zero attached hydrogens (tertiary/aromatic N) is 3. The second-order valence-corrected chi connectivity index (χ2v) is 10.3. The van der Waals surface area contributed by atoms with Gasteiger partial charge in [0.1, 0.15) is 5.01 Å². The number of nitrogens with one attached hydrogen (secondary N) is 1. The smallest absolute Gasteiger partial charge is 0.286 e. The van der Waals surface area contributed by atoms with E-state index in [9.17, 15) is 13.2 Å². The van der Waals surface area contributed by atoms with Crippen LogP contribution in [0.1, 0.15) is 39.3 Å². The first-order valence-electron chi connectivity index (χ1n) is 9.33. The van der Waals surface area contributed by atoms with Gasteiger partial charge in [-0.2, -0.15) is 4.31 Å². The number of anilines is 1. The summed E-state index contributed by atoms with van der Waals surface area (Å²) in [5.74, 6) is -0.368. The van der Waals surface area contributed by atoms with Crippen LogP contribution in [-0.2, 0) is 10.0 Å². The van der Waals surface area contributed by atoms with Gasteiger partial charge in [-0.1, -0.05) is 40.6 Å². The fraction of sp³-hybridized carbons (Fsp3) is 0.250. The standard InChI is InChI=1S/C20H19ClN4O3S2/c1-13-4-8-15(9-5-13)22-18(26)20-24-23-19(29-20)17-3-2-12-25(17)30(27,28)16-10-6-14(21)7-11-16/h4-11,17H,2-3,12H2,1H3,(H,22,26). The van der Waals surface area contributed by atoms with Crippen LogP contribution in [0.4, 0.5) is 5.69 Å². The van der Waals surface area contributed by atoms with Gasteiger partial charge in [-0.15, -0.1) is 10.2 Å². The highest BCUT2D eigenvalue weighted by Gasteiger charge is 2.38. The predicted molar refractivity (Wildman–Crippen MR) is 116 cm³/mol. The molecule has 1 N–H and O–H groups in total. The number of rotatable bonds is 5. The molecule has 1 aliphatic rings. The van der Waals surface area contributed by atoms with Gasteiger partial charge in [-0.05, 0) is 56.2 Å². The van der Waals surface area contributed by atoms with Crippen LogP contribution < -0.4 is 5.32 Å². The van der Waals surface area contributed by atoms with Crippen LogP contribution in [0, 0.1) is 6.92 Å². The number of halogens is 1. The third kappa shape index (κ3) is 4.24. The Morgan fingerprint density at radius 3 is 2.53 bits per heavy atom. The molecule has 3 aromatic rings. The first-order valence-corrected chi connectivity index (χ1v) is 12.0. The van der Waals surface area contributed by atoms with E-state index in [4.69, 9.17) is 11.6 Å². The van der Waals surface area contributed by atoms with Crippen molar-refractivity contribution in [1.82, 2.24) is 14.5 Å². The van der Waals surface area contributed by atoms with Gasteiger partial charge in [-0.25, -0.2) is 8.42 Å². The zero-order valence-electron chi connectivity index (χ0n) is 16.1. The minimum atomic E-state index is -3.70. The van der Waals surface area contributed by atoms with Gasteiger partial charge in [0, 0.05) is 17.3 Å². The first kappa shape index (κ1) is 20.9. The molecular weight excluding hydrogens is 444 g/mol.